The van der Waals surface area contributed by atoms with Crippen LogP contribution >= 0.6 is 15.9 Å². The molecular formula is C13H16BrFN2O2. The van der Waals surface area contributed by atoms with Crippen molar-refractivity contribution in [2.24, 2.45) is 0 Å². The fraction of sp³-hybridized carbons (Fsp3) is 0.385. The van der Waals surface area contributed by atoms with Crippen LogP contribution in [0.2, 0.25) is 0 Å². The molecule has 0 radical (unpaired) electrons. The topological polar surface area (TPSA) is 58.2 Å². The lowest BCUT2D eigenvalue weighted by molar-refractivity contribution is -0.121. The molecule has 104 valence electrons. The molecule has 0 bridgehead atoms. The summed E-state index contributed by atoms with van der Waals surface area (Å²) in [7, 11) is 0. The third-order valence-electron chi connectivity index (χ3n) is 2.27. The van der Waals surface area contributed by atoms with Crippen molar-refractivity contribution in [2.45, 2.75) is 26.3 Å². The SMILES string of the molecule is CC(C)NC(=O)CCNC(=O)c1ccc(F)c(Br)c1. The molecule has 0 aliphatic heterocycles. The Bertz CT molecular complexity index is 478. The third-order valence-corrected chi connectivity index (χ3v) is 2.88. The number of carbonyl (C=O) groups excluding carboxylic acids is 2. The van der Waals surface area contributed by atoms with Crippen molar-refractivity contribution < 1.29 is 14.0 Å². The molecule has 4 nitrogen and oxygen atoms in total. The van der Waals surface area contributed by atoms with Gasteiger partial charge in [0.1, 0.15) is 5.82 Å². The molecule has 2 amide bonds. The second-order valence-electron chi connectivity index (χ2n) is 4.36. The summed E-state index contributed by atoms with van der Waals surface area (Å²) in [5.41, 5.74) is 0.345. The van der Waals surface area contributed by atoms with Gasteiger partial charge in [0, 0.05) is 24.6 Å². The van der Waals surface area contributed by atoms with Gasteiger partial charge in [0.2, 0.25) is 5.91 Å². The van der Waals surface area contributed by atoms with E-state index in [1.54, 1.807) is 0 Å². The number of halogens is 2. The van der Waals surface area contributed by atoms with Gasteiger partial charge in [-0.1, -0.05) is 0 Å². The maximum Gasteiger partial charge on any atom is 0.251 e. The van der Waals surface area contributed by atoms with Gasteiger partial charge in [-0.05, 0) is 48.0 Å². The highest BCUT2D eigenvalue weighted by Crippen LogP contribution is 2.16. The van der Waals surface area contributed by atoms with E-state index in [1.165, 1.54) is 18.2 Å². The standard InChI is InChI=1S/C13H16BrFN2O2/c1-8(2)17-12(18)5-6-16-13(19)9-3-4-11(15)10(14)7-9/h3-4,7-8H,5-6H2,1-2H3,(H,16,19)(H,17,18). The molecule has 0 spiro atoms. The molecule has 0 aromatic heterocycles. The lowest BCUT2D eigenvalue weighted by atomic mass is 10.2. The van der Waals surface area contributed by atoms with E-state index < -0.39 is 5.82 Å². The Morgan fingerprint density at radius 3 is 2.63 bits per heavy atom. The van der Waals surface area contributed by atoms with Gasteiger partial charge in [0.25, 0.3) is 5.91 Å². The average molecular weight is 331 g/mol. The number of hydrogen-bond donors (Lipinski definition) is 2. The number of rotatable bonds is 5. The quantitative estimate of drug-likeness (QED) is 0.869. The Morgan fingerprint density at radius 2 is 2.05 bits per heavy atom. The van der Waals surface area contributed by atoms with Crippen LogP contribution in [-0.4, -0.2) is 24.4 Å². The monoisotopic (exact) mass is 330 g/mol. The highest BCUT2D eigenvalue weighted by Gasteiger charge is 2.09. The molecule has 1 aromatic carbocycles. The minimum absolute atomic E-state index is 0.0799. The summed E-state index contributed by atoms with van der Waals surface area (Å²) in [4.78, 5) is 23.1. The molecule has 0 saturated heterocycles. The van der Waals surface area contributed by atoms with Gasteiger partial charge in [0.05, 0.1) is 4.47 Å². The van der Waals surface area contributed by atoms with E-state index in [-0.39, 0.29) is 35.3 Å². The Hall–Kier alpha value is -1.43. The first-order valence-electron chi connectivity index (χ1n) is 5.92. The minimum atomic E-state index is -0.423. The molecule has 0 aliphatic rings. The molecule has 0 heterocycles. The second-order valence-corrected chi connectivity index (χ2v) is 5.21. The van der Waals surface area contributed by atoms with Crippen LogP contribution in [0.25, 0.3) is 0 Å². The molecule has 6 heteroatoms. The largest absolute Gasteiger partial charge is 0.354 e. The van der Waals surface area contributed by atoms with Crippen molar-refractivity contribution in [3.05, 3.63) is 34.1 Å². The van der Waals surface area contributed by atoms with Crippen LogP contribution in [0, 0.1) is 5.82 Å². The van der Waals surface area contributed by atoms with Crippen molar-refractivity contribution in [2.75, 3.05) is 6.54 Å². The summed E-state index contributed by atoms with van der Waals surface area (Å²) < 4.78 is 13.2. The van der Waals surface area contributed by atoms with E-state index in [4.69, 9.17) is 0 Å². The molecule has 1 rings (SSSR count). The van der Waals surface area contributed by atoms with Crippen LogP contribution in [0.4, 0.5) is 4.39 Å². The van der Waals surface area contributed by atoms with Crippen LogP contribution in [0.15, 0.2) is 22.7 Å². The van der Waals surface area contributed by atoms with Gasteiger partial charge in [-0.3, -0.25) is 9.59 Å². The van der Waals surface area contributed by atoms with E-state index in [0.717, 1.165) is 0 Å². The van der Waals surface area contributed by atoms with Crippen LogP contribution in [-0.2, 0) is 4.79 Å². The summed E-state index contributed by atoms with van der Waals surface area (Å²) in [6.45, 7) is 3.98. The predicted molar refractivity (Wildman–Crippen MR) is 74.3 cm³/mol. The third kappa shape index (κ3) is 5.38. The van der Waals surface area contributed by atoms with Gasteiger partial charge in [0.15, 0.2) is 0 Å². The van der Waals surface area contributed by atoms with E-state index in [9.17, 15) is 14.0 Å². The van der Waals surface area contributed by atoms with Crippen LogP contribution in [0.1, 0.15) is 30.6 Å². The highest BCUT2D eigenvalue weighted by atomic mass is 79.9. The molecule has 1 aromatic rings. The highest BCUT2D eigenvalue weighted by molar-refractivity contribution is 9.10. The van der Waals surface area contributed by atoms with Crippen molar-refractivity contribution >= 4 is 27.7 Å². The van der Waals surface area contributed by atoms with Gasteiger partial charge >= 0.3 is 0 Å². The molecule has 0 saturated carbocycles. The van der Waals surface area contributed by atoms with E-state index in [2.05, 4.69) is 26.6 Å². The average Bonchev–Trinajstić information content (AvgIpc) is 2.31. The Kier molecular flexibility index (Phi) is 5.95. The lowest BCUT2D eigenvalue weighted by Crippen LogP contribution is -2.34. The van der Waals surface area contributed by atoms with Gasteiger partial charge in [-0.2, -0.15) is 0 Å². The molecular weight excluding hydrogens is 315 g/mol. The van der Waals surface area contributed by atoms with E-state index >= 15 is 0 Å². The molecule has 0 fully saturated rings. The number of amides is 2. The number of carbonyl (C=O) groups is 2. The lowest BCUT2D eigenvalue weighted by Gasteiger charge is -2.09. The fourth-order valence-corrected chi connectivity index (χ4v) is 1.80. The molecule has 19 heavy (non-hydrogen) atoms. The first-order valence-corrected chi connectivity index (χ1v) is 6.72. The summed E-state index contributed by atoms with van der Waals surface area (Å²) in [5, 5.41) is 5.33. The Balaban J connectivity index is 2.43. The van der Waals surface area contributed by atoms with Crippen molar-refractivity contribution in [1.29, 1.82) is 0 Å². The molecule has 0 atom stereocenters. The van der Waals surface area contributed by atoms with Gasteiger partial charge in [-0.15, -0.1) is 0 Å². The Morgan fingerprint density at radius 1 is 1.37 bits per heavy atom. The first-order chi connectivity index (χ1) is 8.90. The van der Waals surface area contributed by atoms with Gasteiger partial charge in [-0.25, -0.2) is 4.39 Å². The maximum absolute atomic E-state index is 13.0. The number of hydrogen-bond acceptors (Lipinski definition) is 2. The molecule has 2 N–H and O–H groups in total. The minimum Gasteiger partial charge on any atom is -0.354 e. The van der Waals surface area contributed by atoms with Crippen LogP contribution in [0.3, 0.4) is 0 Å². The first kappa shape index (κ1) is 15.6. The maximum atomic E-state index is 13.0. The summed E-state index contributed by atoms with van der Waals surface area (Å²) in [6, 6.07) is 4.09. The predicted octanol–water partition coefficient (Wildman–Crippen LogP) is 2.23. The van der Waals surface area contributed by atoms with Crippen molar-refractivity contribution in [3.63, 3.8) is 0 Å². The fourth-order valence-electron chi connectivity index (χ4n) is 1.42. The zero-order chi connectivity index (χ0) is 14.4. The second kappa shape index (κ2) is 7.23. The summed E-state index contributed by atoms with van der Waals surface area (Å²) in [6.07, 6.45) is 0.215. The molecule has 0 unspecified atom stereocenters. The number of benzene rings is 1. The smallest absolute Gasteiger partial charge is 0.251 e. The van der Waals surface area contributed by atoms with E-state index in [0.29, 0.717) is 5.56 Å². The summed E-state index contributed by atoms with van der Waals surface area (Å²) >= 11 is 3.01. The van der Waals surface area contributed by atoms with Crippen molar-refractivity contribution in [3.8, 4) is 0 Å². The van der Waals surface area contributed by atoms with Crippen LogP contribution < -0.4 is 10.6 Å². The van der Waals surface area contributed by atoms with Crippen LogP contribution in [0.5, 0.6) is 0 Å². The molecule has 0 aliphatic carbocycles. The van der Waals surface area contributed by atoms with E-state index in [1.807, 2.05) is 13.8 Å². The Labute approximate surface area is 119 Å². The van der Waals surface area contributed by atoms with Gasteiger partial charge < -0.3 is 10.6 Å². The summed E-state index contributed by atoms with van der Waals surface area (Å²) in [5.74, 6) is -0.874. The normalized spacial score (nSPS) is 10.4. The number of nitrogens with one attached hydrogen (secondary N) is 2. The zero-order valence-electron chi connectivity index (χ0n) is 10.8. The van der Waals surface area contributed by atoms with Crippen molar-refractivity contribution in [1.82, 2.24) is 10.6 Å². The zero-order valence-corrected chi connectivity index (χ0v) is 12.4.